The number of nitrogens with zero attached hydrogens (tertiary/aromatic N) is 1. The van der Waals surface area contributed by atoms with Crippen molar-refractivity contribution >= 4 is 44.3 Å². The van der Waals surface area contributed by atoms with Gasteiger partial charge in [-0.3, -0.25) is 0 Å². The highest BCUT2D eigenvalue weighted by molar-refractivity contribution is 7.91. The minimum absolute atomic E-state index is 0.348. The lowest BCUT2D eigenvalue weighted by Gasteiger charge is -2.25. The Labute approximate surface area is 125 Å². The summed E-state index contributed by atoms with van der Waals surface area (Å²) in [6.45, 7) is 1.04. The van der Waals surface area contributed by atoms with Gasteiger partial charge in [-0.05, 0) is 40.4 Å². The van der Waals surface area contributed by atoms with Gasteiger partial charge >= 0.3 is 0 Å². The van der Waals surface area contributed by atoms with E-state index >= 15 is 0 Å². The first-order valence-electron chi connectivity index (χ1n) is 5.80. The topological polar surface area (TPSA) is 37.4 Å². The summed E-state index contributed by atoms with van der Waals surface area (Å²) < 4.78 is 27.0. The van der Waals surface area contributed by atoms with Crippen molar-refractivity contribution in [1.29, 1.82) is 0 Å². The van der Waals surface area contributed by atoms with Gasteiger partial charge in [0.1, 0.15) is 4.21 Å². The molecule has 0 N–H and O–H groups in total. The van der Waals surface area contributed by atoms with Gasteiger partial charge in [0.05, 0.1) is 0 Å². The van der Waals surface area contributed by atoms with Crippen molar-refractivity contribution in [1.82, 2.24) is 4.31 Å². The molecule has 0 aliphatic carbocycles. The summed E-state index contributed by atoms with van der Waals surface area (Å²) in [4.78, 5) is 1.30. The van der Waals surface area contributed by atoms with Gasteiger partial charge < -0.3 is 0 Å². The van der Waals surface area contributed by atoms with Crippen LogP contribution in [-0.4, -0.2) is 19.3 Å². The number of sulfonamides is 1. The zero-order chi connectivity index (χ0) is 13.5. The van der Waals surface area contributed by atoms with Crippen LogP contribution >= 0.6 is 34.3 Å². The molecular formula is C12H12ClNO2S3. The van der Waals surface area contributed by atoms with Gasteiger partial charge in [0.2, 0.25) is 0 Å². The first-order valence-corrected chi connectivity index (χ1v) is 9.53. The van der Waals surface area contributed by atoms with Crippen molar-refractivity contribution in [2.45, 2.75) is 23.1 Å². The Kier molecular flexibility index (Phi) is 3.70. The summed E-state index contributed by atoms with van der Waals surface area (Å²) in [6, 6.07) is 3.69. The second-order valence-corrected chi connectivity index (χ2v) is 8.71. The van der Waals surface area contributed by atoms with E-state index in [2.05, 4.69) is 0 Å². The van der Waals surface area contributed by atoms with Gasteiger partial charge in [-0.2, -0.15) is 4.31 Å². The molecule has 0 saturated carbocycles. The first kappa shape index (κ1) is 13.6. The van der Waals surface area contributed by atoms with E-state index in [1.165, 1.54) is 16.2 Å². The second-order valence-electron chi connectivity index (χ2n) is 4.37. The van der Waals surface area contributed by atoms with Crippen molar-refractivity contribution < 1.29 is 8.42 Å². The van der Waals surface area contributed by atoms with Crippen LogP contribution in [-0.2, 0) is 28.9 Å². The van der Waals surface area contributed by atoms with Crippen LogP contribution in [0.25, 0.3) is 0 Å². The molecule has 0 amide bonds. The van der Waals surface area contributed by atoms with Crippen LogP contribution in [0.2, 0.25) is 0 Å². The third kappa shape index (κ3) is 2.48. The highest BCUT2D eigenvalue weighted by Crippen LogP contribution is 2.30. The first-order chi connectivity index (χ1) is 9.11. The second kappa shape index (κ2) is 5.18. The van der Waals surface area contributed by atoms with Gasteiger partial charge in [0.15, 0.2) is 0 Å². The molecule has 0 unspecified atom stereocenters. The number of alkyl halides is 1. The predicted octanol–water partition coefficient (Wildman–Crippen LogP) is 3.30. The summed E-state index contributed by atoms with van der Waals surface area (Å²) >= 11 is 8.68. The molecule has 0 bridgehead atoms. The zero-order valence-corrected chi connectivity index (χ0v) is 13.2. The fraction of sp³-hybridized carbons (Fsp3) is 0.333. The number of halogens is 1. The summed E-state index contributed by atoms with van der Waals surface area (Å²) in [5.41, 5.74) is 1.99. The molecule has 3 heterocycles. The normalized spacial score (nSPS) is 16.5. The highest BCUT2D eigenvalue weighted by Gasteiger charge is 2.29. The standard InChI is InChI=1S/C12H12ClNO2S3/c13-6-9-5-12(18-8-9)19(15,16)14-3-1-11-10(7-14)2-4-17-11/h2,4-5,8H,1,3,6-7H2. The zero-order valence-electron chi connectivity index (χ0n) is 10.0. The monoisotopic (exact) mass is 333 g/mol. The third-order valence-electron chi connectivity index (χ3n) is 3.15. The molecule has 0 saturated heterocycles. The molecule has 0 spiro atoms. The Morgan fingerprint density at radius 1 is 1.37 bits per heavy atom. The van der Waals surface area contributed by atoms with E-state index in [4.69, 9.17) is 11.6 Å². The van der Waals surface area contributed by atoms with Gasteiger partial charge in [0, 0.05) is 23.8 Å². The molecule has 2 aromatic heterocycles. The molecule has 102 valence electrons. The molecule has 7 heteroatoms. The van der Waals surface area contributed by atoms with Crippen LogP contribution < -0.4 is 0 Å². The summed E-state index contributed by atoms with van der Waals surface area (Å²) in [7, 11) is -3.37. The molecular weight excluding hydrogens is 322 g/mol. The summed E-state index contributed by atoms with van der Waals surface area (Å²) in [5.74, 6) is 0.348. The lowest BCUT2D eigenvalue weighted by Crippen LogP contribution is -2.34. The van der Waals surface area contributed by atoms with Crippen LogP contribution in [0.5, 0.6) is 0 Å². The number of hydrogen-bond donors (Lipinski definition) is 0. The van der Waals surface area contributed by atoms with E-state index in [-0.39, 0.29) is 0 Å². The third-order valence-corrected chi connectivity index (χ3v) is 7.79. The Hall–Kier alpha value is -0.400. The SMILES string of the molecule is O=S(=O)(c1cc(CCl)cs1)N1CCc2sccc2C1. The van der Waals surface area contributed by atoms with Crippen molar-refractivity contribution in [3.05, 3.63) is 38.9 Å². The minimum atomic E-state index is -3.37. The van der Waals surface area contributed by atoms with Crippen LogP contribution in [0.4, 0.5) is 0 Å². The minimum Gasteiger partial charge on any atom is -0.206 e. The van der Waals surface area contributed by atoms with Gasteiger partial charge in [0.25, 0.3) is 10.0 Å². The van der Waals surface area contributed by atoms with Crippen LogP contribution in [0.3, 0.4) is 0 Å². The van der Waals surface area contributed by atoms with Crippen molar-refractivity contribution in [3.8, 4) is 0 Å². The number of thiophene rings is 2. The quantitative estimate of drug-likeness (QED) is 0.808. The maximum absolute atomic E-state index is 12.5. The lowest BCUT2D eigenvalue weighted by molar-refractivity contribution is 0.395. The molecule has 1 aliphatic heterocycles. The van der Waals surface area contributed by atoms with Gasteiger partial charge in [-0.15, -0.1) is 34.3 Å². The van der Waals surface area contributed by atoms with E-state index in [0.717, 1.165) is 17.5 Å². The number of rotatable bonds is 3. The molecule has 0 radical (unpaired) electrons. The Morgan fingerprint density at radius 3 is 2.95 bits per heavy atom. The van der Waals surface area contributed by atoms with Crippen LogP contribution in [0.1, 0.15) is 16.0 Å². The molecule has 1 aliphatic rings. The largest absolute Gasteiger partial charge is 0.252 e. The number of fused-ring (bicyclic) bond motifs is 1. The van der Waals surface area contributed by atoms with Crippen molar-refractivity contribution in [2.24, 2.45) is 0 Å². The fourth-order valence-electron chi connectivity index (χ4n) is 2.11. The van der Waals surface area contributed by atoms with Crippen LogP contribution in [0.15, 0.2) is 27.1 Å². The Morgan fingerprint density at radius 2 is 2.21 bits per heavy atom. The molecule has 0 atom stereocenters. The van der Waals surface area contributed by atoms with Crippen molar-refractivity contribution in [3.63, 3.8) is 0 Å². The van der Waals surface area contributed by atoms with Gasteiger partial charge in [-0.25, -0.2) is 8.42 Å². The molecule has 3 nitrogen and oxygen atoms in total. The van der Waals surface area contributed by atoms with E-state index in [9.17, 15) is 8.42 Å². The summed E-state index contributed by atoms with van der Waals surface area (Å²) in [6.07, 6.45) is 0.806. The predicted molar refractivity (Wildman–Crippen MR) is 79.5 cm³/mol. The summed E-state index contributed by atoms with van der Waals surface area (Å²) in [5, 5.41) is 3.83. The average Bonchev–Trinajstić information content (AvgIpc) is 3.06. The molecule has 3 rings (SSSR count). The van der Waals surface area contributed by atoms with Gasteiger partial charge in [-0.1, -0.05) is 0 Å². The van der Waals surface area contributed by atoms with E-state index in [1.54, 1.807) is 27.1 Å². The van der Waals surface area contributed by atoms with E-state index < -0.39 is 10.0 Å². The van der Waals surface area contributed by atoms with E-state index in [0.29, 0.717) is 23.2 Å². The Bertz CT molecular complexity index is 689. The lowest BCUT2D eigenvalue weighted by atomic mass is 10.1. The average molecular weight is 334 g/mol. The molecule has 0 aromatic carbocycles. The number of hydrogen-bond acceptors (Lipinski definition) is 4. The highest BCUT2D eigenvalue weighted by atomic mass is 35.5. The van der Waals surface area contributed by atoms with E-state index in [1.807, 2.05) is 11.4 Å². The molecule has 0 fully saturated rings. The van der Waals surface area contributed by atoms with Crippen molar-refractivity contribution in [2.75, 3.05) is 6.54 Å². The fourth-order valence-corrected chi connectivity index (χ4v) is 6.03. The Balaban J connectivity index is 1.89. The molecule has 2 aromatic rings. The maximum Gasteiger partial charge on any atom is 0.252 e. The smallest absolute Gasteiger partial charge is 0.206 e. The maximum atomic E-state index is 12.5. The van der Waals surface area contributed by atoms with Crippen LogP contribution in [0, 0.1) is 0 Å². The molecule has 19 heavy (non-hydrogen) atoms.